The van der Waals surface area contributed by atoms with Crippen LogP contribution in [0.4, 0.5) is 17.6 Å². The molecule has 4 N–H and O–H groups in total. The number of hydrogen-bond donors (Lipinski definition) is 3. The summed E-state index contributed by atoms with van der Waals surface area (Å²) in [4.78, 5) is 35.9. The van der Waals surface area contributed by atoms with Crippen LogP contribution in [-0.2, 0) is 33.5 Å². The summed E-state index contributed by atoms with van der Waals surface area (Å²) in [5, 5.41) is 11.2. The molecular weight excluding hydrogens is 584 g/mol. The Balaban J connectivity index is 1.65. The normalized spacial score (nSPS) is 12.4. The van der Waals surface area contributed by atoms with Crippen molar-refractivity contribution in [1.82, 2.24) is 5.32 Å². The minimum Gasteiger partial charge on any atom is -0.478 e. The van der Waals surface area contributed by atoms with E-state index >= 15 is 0 Å². The summed E-state index contributed by atoms with van der Waals surface area (Å²) in [5.74, 6) is -3.16. The Hall–Kier alpha value is -4.16. The molecule has 0 fully saturated rings. The fourth-order valence-electron chi connectivity index (χ4n) is 3.72. The zero-order valence-corrected chi connectivity index (χ0v) is 23.4. The van der Waals surface area contributed by atoms with Crippen molar-refractivity contribution in [2.24, 2.45) is 5.73 Å². The van der Waals surface area contributed by atoms with Gasteiger partial charge in [0.05, 0.1) is 16.1 Å². The van der Waals surface area contributed by atoms with Gasteiger partial charge in [-0.25, -0.2) is 9.18 Å². The monoisotopic (exact) mass is 610 g/mol. The number of halogens is 5. The largest absolute Gasteiger partial charge is 0.478 e. The molecule has 0 saturated heterocycles. The number of ether oxygens (including phenoxy) is 2. The van der Waals surface area contributed by atoms with E-state index in [0.29, 0.717) is 28.5 Å². The van der Waals surface area contributed by atoms with Crippen LogP contribution in [0.2, 0.25) is 5.02 Å². The molecule has 8 nitrogen and oxygen atoms in total. The Kier molecular flexibility index (Phi) is 9.85. The van der Waals surface area contributed by atoms with Crippen LogP contribution in [0.3, 0.4) is 0 Å². The summed E-state index contributed by atoms with van der Waals surface area (Å²) >= 11 is 5.86. The van der Waals surface area contributed by atoms with Crippen molar-refractivity contribution < 1.29 is 46.5 Å². The van der Waals surface area contributed by atoms with E-state index in [0.717, 1.165) is 24.3 Å². The van der Waals surface area contributed by atoms with Crippen molar-refractivity contribution in [2.75, 3.05) is 0 Å². The molecule has 3 aromatic rings. The lowest BCUT2D eigenvalue weighted by atomic mass is 10.0. The molecule has 224 valence electrons. The molecule has 0 aromatic heterocycles. The summed E-state index contributed by atoms with van der Waals surface area (Å²) in [6.45, 7) is 4.03. The van der Waals surface area contributed by atoms with Gasteiger partial charge in [-0.05, 0) is 86.3 Å². The van der Waals surface area contributed by atoms with E-state index < -0.39 is 47.0 Å². The fraction of sp³-hybridized carbons (Fsp3) is 0.276. The predicted octanol–water partition coefficient (Wildman–Crippen LogP) is 5.80. The molecule has 0 saturated carbocycles. The molecule has 0 aliphatic carbocycles. The highest BCUT2D eigenvalue weighted by Crippen LogP contribution is 2.32. The smallest absolute Gasteiger partial charge is 0.416 e. The van der Waals surface area contributed by atoms with Gasteiger partial charge >= 0.3 is 18.1 Å². The van der Waals surface area contributed by atoms with Crippen molar-refractivity contribution in [3.63, 3.8) is 0 Å². The van der Waals surface area contributed by atoms with E-state index in [1.807, 2.05) is 0 Å². The van der Waals surface area contributed by atoms with Gasteiger partial charge in [0, 0.05) is 12.6 Å². The summed E-state index contributed by atoms with van der Waals surface area (Å²) in [7, 11) is 0. The van der Waals surface area contributed by atoms with E-state index in [4.69, 9.17) is 31.9 Å². The first-order chi connectivity index (χ1) is 19.5. The number of carbonyl (C=O) groups is 3. The van der Waals surface area contributed by atoms with Crippen molar-refractivity contribution in [3.8, 4) is 11.5 Å². The van der Waals surface area contributed by atoms with Gasteiger partial charge in [0.2, 0.25) is 5.60 Å². The van der Waals surface area contributed by atoms with Crippen LogP contribution in [0, 0.1) is 12.7 Å². The molecule has 42 heavy (non-hydrogen) atoms. The maximum absolute atomic E-state index is 14.3. The lowest BCUT2D eigenvalue weighted by molar-refractivity contribution is -0.175. The number of aryl methyl sites for hydroxylation is 1. The summed E-state index contributed by atoms with van der Waals surface area (Å²) in [6.07, 6.45) is -4.55. The highest BCUT2D eigenvalue weighted by molar-refractivity contribution is 6.33. The minimum absolute atomic E-state index is 0.0629. The first-order valence-electron chi connectivity index (χ1n) is 12.4. The van der Waals surface area contributed by atoms with Crippen LogP contribution in [0.5, 0.6) is 11.5 Å². The Morgan fingerprint density at radius 3 is 2.31 bits per heavy atom. The van der Waals surface area contributed by atoms with Gasteiger partial charge in [-0.2, -0.15) is 13.2 Å². The quantitative estimate of drug-likeness (QED) is 0.195. The Morgan fingerprint density at radius 2 is 1.71 bits per heavy atom. The second-order valence-corrected chi connectivity index (χ2v) is 10.3. The predicted molar refractivity (Wildman–Crippen MR) is 145 cm³/mol. The van der Waals surface area contributed by atoms with Crippen molar-refractivity contribution >= 4 is 29.4 Å². The number of benzene rings is 3. The van der Waals surface area contributed by atoms with Gasteiger partial charge in [-0.1, -0.05) is 17.7 Å². The number of esters is 1. The number of alkyl halides is 3. The summed E-state index contributed by atoms with van der Waals surface area (Å²) < 4.78 is 63.6. The first-order valence-corrected chi connectivity index (χ1v) is 12.8. The average Bonchev–Trinajstić information content (AvgIpc) is 2.87. The van der Waals surface area contributed by atoms with Crippen LogP contribution in [0.25, 0.3) is 0 Å². The van der Waals surface area contributed by atoms with E-state index in [2.05, 4.69) is 5.32 Å². The summed E-state index contributed by atoms with van der Waals surface area (Å²) in [5.41, 5.74) is 4.68. The lowest BCUT2D eigenvalue weighted by Crippen LogP contribution is -2.43. The van der Waals surface area contributed by atoms with E-state index in [1.54, 1.807) is 25.1 Å². The number of rotatable bonds is 10. The first kappa shape index (κ1) is 32.4. The van der Waals surface area contributed by atoms with Gasteiger partial charge in [0.1, 0.15) is 23.4 Å². The van der Waals surface area contributed by atoms with Crippen molar-refractivity contribution in [1.29, 1.82) is 0 Å². The molecule has 0 heterocycles. The Morgan fingerprint density at radius 1 is 1.02 bits per heavy atom. The third-order valence-electron chi connectivity index (χ3n) is 6.09. The van der Waals surface area contributed by atoms with E-state index in [9.17, 15) is 31.9 Å². The molecule has 0 aliphatic rings. The molecule has 0 spiro atoms. The highest BCUT2D eigenvalue weighted by Gasteiger charge is 2.34. The van der Waals surface area contributed by atoms with Crippen molar-refractivity contribution in [3.05, 3.63) is 93.3 Å². The van der Waals surface area contributed by atoms with E-state index in [-0.39, 0.29) is 29.3 Å². The van der Waals surface area contributed by atoms with Crippen LogP contribution < -0.4 is 15.8 Å². The zero-order valence-electron chi connectivity index (χ0n) is 22.6. The number of nitrogens with one attached hydrogen (secondary N) is 1. The molecule has 0 bridgehead atoms. The van der Waals surface area contributed by atoms with Crippen LogP contribution in [0.1, 0.15) is 46.5 Å². The number of carboxylic acid groups (broad SMARTS) is 1. The standard InChI is InChI=1S/C29H27ClF4N2O6/c1-15-8-20(6-4-17(15)11-24(35)26(38)42-28(2,3)27(39)40)41-21-10-16(9-19(31)13-21)14-36-25(37)22-7-5-18(12-23(22)30)29(32,33)34/h4-10,12-13,24H,11,14,35H2,1-3H3,(H,36,37)(H,39,40)/t24-/m0/s1. The Labute approximate surface area is 243 Å². The third-order valence-corrected chi connectivity index (χ3v) is 6.40. The van der Waals surface area contributed by atoms with Gasteiger partial charge in [0.15, 0.2) is 0 Å². The van der Waals surface area contributed by atoms with Gasteiger partial charge < -0.3 is 25.6 Å². The summed E-state index contributed by atoms with van der Waals surface area (Å²) in [6, 6.07) is 9.82. The molecule has 1 atom stereocenters. The average molecular weight is 611 g/mol. The highest BCUT2D eigenvalue weighted by atomic mass is 35.5. The number of carboxylic acids is 1. The number of aliphatic carboxylic acids is 1. The van der Waals surface area contributed by atoms with Gasteiger partial charge in [-0.3, -0.25) is 9.59 Å². The lowest BCUT2D eigenvalue weighted by Gasteiger charge is -2.22. The third kappa shape index (κ3) is 8.43. The molecular formula is C29H27ClF4N2O6. The second-order valence-electron chi connectivity index (χ2n) is 9.91. The fourth-order valence-corrected chi connectivity index (χ4v) is 3.99. The maximum atomic E-state index is 14.3. The van der Waals surface area contributed by atoms with Crippen LogP contribution in [-0.4, -0.2) is 34.6 Å². The van der Waals surface area contributed by atoms with Crippen LogP contribution >= 0.6 is 11.6 Å². The molecule has 0 aliphatic heterocycles. The number of hydrogen-bond acceptors (Lipinski definition) is 6. The second kappa shape index (κ2) is 12.8. The molecule has 13 heteroatoms. The number of amides is 1. The topological polar surface area (TPSA) is 128 Å². The SMILES string of the molecule is Cc1cc(Oc2cc(F)cc(CNC(=O)c3ccc(C(F)(F)F)cc3Cl)c2)ccc1C[C@H](N)C(=O)OC(C)(C)C(=O)O. The van der Waals surface area contributed by atoms with Gasteiger partial charge in [0.25, 0.3) is 5.91 Å². The maximum Gasteiger partial charge on any atom is 0.416 e. The molecule has 0 radical (unpaired) electrons. The minimum atomic E-state index is -4.61. The van der Waals surface area contributed by atoms with Gasteiger partial charge in [-0.15, -0.1) is 0 Å². The Bertz CT molecular complexity index is 1510. The molecule has 3 aromatic carbocycles. The molecule has 1 amide bonds. The van der Waals surface area contributed by atoms with Crippen LogP contribution in [0.15, 0.2) is 54.6 Å². The zero-order chi connectivity index (χ0) is 31.4. The molecule has 0 unspecified atom stereocenters. The number of carbonyl (C=O) groups excluding carboxylic acids is 2. The van der Waals surface area contributed by atoms with E-state index in [1.165, 1.54) is 19.9 Å². The van der Waals surface area contributed by atoms with Crippen molar-refractivity contribution in [2.45, 2.75) is 51.6 Å². The molecule has 3 rings (SSSR count). The number of nitrogens with two attached hydrogens (primary N) is 1.